The molecule has 3 aromatic heterocycles. The van der Waals surface area contributed by atoms with Gasteiger partial charge in [0.1, 0.15) is 10.8 Å². The zero-order chi connectivity index (χ0) is 29.1. The van der Waals surface area contributed by atoms with E-state index in [9.17, 15) is 9.59 Å². The topological polar surface area (TPSA) is 126 Å². The van der Waals surface area contributed by atoms with Gasteiger partial charge in [0.25, 0.3) is 5.91 Å². The van der Waals surface area contributed by atoms with Gasteiger partial charge >= 0.3 is 6.03 Å². The minimum absolute atomic E-state index is 0.400. The number of thiophene rings is 1. The van der Waals surface area contributed by atoms with E-state index in [0.717, 1.165) is 58.5 Å². The van der Waals surface area contributed by atoms with Crippen LogP contribution in [-0.2, 0) is 25.8 Å². The van der Waals surface area contributed by atoms with E-state index in [1.54, 1.807) is 24.3 Å². The van der Waals surface area contributed by atoms with Gasteiger partial charge in [-0.3, -0.25) is 20.0 Å². The van der Waals surface area contributed by atoms with Crippen molar-refractivity contribution in [3.8, 4) is 0 Å². The number of urea groups is 1. The number of nitrogens with two attached hydrogens (primary N) is 1. The molecule has 0 atom stereocenters. The number of halogens is 1. The molecule has 4 N–H and O–H groups in total. The lowest BCUT2D eigenvalue weighted by Crippen LogP contribution is -2.31. The fraction of sp³-hybridized carbons (Fsp3) is 0.226. The average Bonchev–Trinajstić information content (AvgIpc) is 3.58. The molecule has 214 valence electrons. The maximum Gasteiger partial charge on any atom is 0.324 e. The number of anilines is 2. The highest BCUT2D eigenvalue weighted by Gasteiger charge is 2.27. The number of rotatable bonds is 9. The quantitative estimate of drug-likeness (QED) is 0.183. The van der Waals surface area contributed by atoms with Crippen molar-refractivity contribution in [2.75, 3.05) is 23.7 Å². The number of benzene rings is 2. The Kier molecular flexibility index (Phi) is 8.18. The number of aromatic nitrogens is 2. The molecule has 0 radical (unpaired) electrons. The van der Waals surface area contributed by atoms with Gasteiger partial charge in [-0.05, 0) is 60.2 Å². The maximum absolute atomic E-state index is 12.6. The predicted octanol–water partition coefficient (Wildman–Crippen LogP) is 6.26. The first-order valence-corrected chi connectivity index (χ1v) is 14.9. The molecule has 5 aromatic rings. The standard InChI is InChI=1S/C31H29ClN6O3S/c32-21-7-9-22(10-8-21)36-31(40)37-30-28(29(33)39)25-11-13-38(18-26(25)42-30)12-3-5-23-17-35-27(41-23)14-20-16-34-15-19-4-1-2-6-24(19)20/h1-2,4,6-10,15-17H,3,5,11-14,18H2,(H2,33,39)(H2,36,37,40). The number of amides is 3. The second kappa shape index (κ2) is 12.3. The van der Waals surface area contributed by atoms with E-state index < -0.39 is 11.9 Å². The summed E-state index contributed by atoms with van der Waals surface area (Å²) in [5.41, 5.74) is 8.74. The van der Waals surface area contributed by atoms with Gasteiger partial charge in [-0.15, -0.1) is 11.3 Å². The van der Waals surface area contributed by atoms with E-state index in [1.807, 2.05) is 30.7 Å². The number of carbonyl (C=O) groups excluding carboxylic acids is 2. The highest BCUT2D eigenvalue weighted by atomic mass is 35.5. The van der Waals surface area contributed by atoms with Crippen LogP contribution in [0.4, 0.5) is 15.5 Å². The molecule has 0 unspecified atom stereocenters. The van der Waals surface area contributed by atoms with Crippen LogP contribution in [0.15, 0.2) is 71.5 Å². The largest absolute Gasteiger partial charge is 0.445 e. The third-order valence-electron chi connectivity index (χ3n) is 7.30. The third-order valence-corrected chi connectivity index (χ3v) is 8.69. The average molecular weight is 601 g/mol. The molecule has 0 aliphatic carbocycles. The van der Waals surface area contributed by atoms with Crippen LogP contribution in [0.3, 0.4) is 0 Å². The number of pyridine rings is 1. The second-order valence-corrected chi connectivity index (χ2v) is 11.7. The van der Waals surface area contributed by atoms with Crippen LogP contribution in [0, 0.1) is 0 Å². The molecule has 42 heavy (non-hydrogen) atoms. The van der Waals surface area contributed by atoms with Gasteiger partial charge in [0.2, 0.25) is 0 Å². The first kappa shape index (κ1) is 27.9. The summed E-state index contributed by atoms with van der Waals surface area (Å²) in [6.45, 7) is 2.36. The number of nitrogens with zero attached hydrogens (tertiary/aromatic N) is 3. The molecular formula is C31H29ClN6O3S. The van der Waals surface area contributed by atoms with Crippen LogP contribution in [0.5, 0.6) is 0 Å². The van der Waals surface area contributed by atoms with Gasteiger partial charge in [0.15, 0.2) is 5.89 Å². The van der Waals surface area contributed by atoms with Crippen LogP contribution < -0.4 is 16.4 Å². The van der Waals surface area contributed by atoms with Crippen molar-refractivity contribution >= 4 is 56.3 Å². The van der Waals surface area contributed by atoms with Crippen LogP contribution in [-0.4, -0.2) is 39.9 Å². The summed E-state index contributed by atoms with van der Waals surface area (Å²) < 4.78 is 6.05. The van der Waals surface area contributed by atoms with Crippen LogP contribution in [0.2, 0.25) is 5.02 Å². The fourth-order valence-electron chi connectivity index (χ4n) is 5.30. The number of fused-ring (bicyclic) bond motifs is 2. The van der Waals surface area contributed by atoms with Crippen molar-refractivity contribution in [2.45, 2.75) is 32.2 Å². The molecular weight excluding hydrogens is 572 g/mol. The van der Waals surface area contributed by atoms with E-state index in [-0.39, 0.29) is 0 Å². The molecule has 0 bridgehead atoms. The second-order valence-electron chi connectivity index (χ2n) is 10.2. The minimum atomic E-state index is -0.539. The molecule has 11 heteroatoms. The predicted molar refractivity (Wildman–Crippen MR) is 165 cm³/mol. The van der Waals surface area contributed by atoms with Crippen molar-refractivity contribution in [2.24, 2.45) is 5.73 Å². The Balaban J connectivity index is 1.04. The number of hydrogen-bond donors (Lipinski definition) is 3. The number of aryl methyl sites for hydroxylation is 1. The molecule has 6 rings (SSSR count). The summed E-state index contributed by atoms with van der Waals surface area (Å²) in [4.78, 5) is 37.2. The number of hydrogen-bond acceptors (Lipinski definition) is 7. The molecule has 3 amide bonds. The van der Waals surface area contributed by atoms with Gasteiger partial charge in [0, 0.05) is 52.9 Å². The van der Waals surface area contributed by atoms with Gasteiger partial charge in [-0.1, -0.05) is 35.9 Å². The SMILES string of the molecule is NC(=O)c1c(NC(=O)Nc2ccc(Cl)cc2)sc2c1CCN(CCCc1cnc(Cc3cncc4ccccc34)o1)C2. The molecule has 1 aliphatic heterocycles. The molecule has 4 heterocycles. The summed E-state index contributed by atoms with van der Waals surface area (Å²) in [7, 11) is 0. The van der Waals surface area contributed by atoms with Gasteiger partial charge in [0.05, 0.1) is 18.2 Å². The first-order chi connectivity index (χ1) is 20.4. The van der Waals surface area contributed by atoms with Crippen molar-refractivity contribution in [1.29, 1.82) is 0 Å². The van der Waals surface area contributed by atoms with Crippen molar-refractivity contribution in [1.82, 2.24) is 14.9 Å². The Morgan fingerprint density at radius 3 is 2.74 bits per heavy atom. The van der Waals surface area contributed by atoms with E-state index in [0.29, 0.717) is 46.6 Å². The van der Waals surface area contributed by atoms with Crippen molar-refractivity contribution in [3.63, 3.8) is 0 Å². The highest BCUT2D eigenvalue weighted by Crippen LogP contribution is 2.37. The molecule has 0 fully saturated rings. The molecule has 0 spiro atoms. The van der Waals surface area contributed by atoms with Crippen molar-refractivity contribution in [3.05, 3.63) is 105 Å². The lowest BCUT2D eigenvalue weighted by molar-refractivity contribution is 0.1000. The summed E-state index contributed by atoms with van der Waals surface area (Å²) >= 11 is 7.32. The van der Waals surface area contributed by atoms with Gasteiger partial charge in [-0.25, -0.2) is 9.78 Å². The third kappa shape index (κ3) is 6.30. The Bertz CT molecular complexity index is 1740. The lowest BCUT2D eigenvalue weighted by Gasteiger charge is -2.26. The number of primary amides is 1. The van der Waals surface area contributed by atoms with Gasteiger partial charge < -0.3 is 15.5 Å². The molecule has 9 nitrogen and oxygen atoms in total. The summed E-state index contributed by atoms with van der Waals surface area (Å²) in [5.74, 6) is 1.01. The summed E-state index contributed by atoms with van der Waals surface area (Å²) in [5, 5.41) is 8.88. The van der Waals surface area contributed by atoms with Crippen LogP contribution in [0.25, 0.3) is 10.8 Å². The summed E-state index contributed by atoms with van der Waals surface area (Å²) in [6, 6.07) is 14.5. The molecule has 0 saturated heterocycles. The zero-order valence-electron chi connectivity index (χ0n) is 22.7. The lowest BCUT2D eigenvalue weighted by atomic mass is 10.0. The smallest absolute Gasteiger partial charge is 0.324 e. The van der Waals surface area contributed by atoms with Crippen molar-refractivity contribution < 1.29 is 14.0 Å². The fourth-order valence-corrected chi connectivity index (χ4v) is 6.72. The van der Waals surface area contributed by atoms with E-state index in [1.165, 1.54) is 11.3 Å². The Hall–Kier alpha value is -4.25. The Morgan fingerprint density at radius 1 is 1.07 bits per heavy atom. The molecule has 2 aromatic carbocycles. The minimum Gasteiger partial charge on any atom is -0.445 e. The van der Waals surface area contributed by atoms with Crippen LogP contribution >= 0.6 is 22.9 Å². The molecule has 0 saturated carbocycles. The monoisotopic (exact) mass is 600 g/mol. The van der Waals surface area contributed by atoms with Gasteiger partial charge in [-0.2, -0.15) is 0 Å². The normalized spacial score (nSPS) is 13.2. The van der Waals surface area contributed by atoms with E-state index in [2.05, 4.69) is 37.6 Å². The van der Waals surface area contributed by atoms with E-state index in [4.69, 9.17) is 21.8 Å². The first-order valence-electron chi connectivity index (χ1n) is 13.7. The Morgan fingerprint density at radius 2 is 1.90 bits per heavy atom. The number of oxazole rings is 1. The van der Waals surface area contributed by atoms with E-state index >= 15 is 0 Å². The maximum atomic E-state index is 12.6. The Labute approximate surface area is 251 Å². The van der Waals surface area contributed by atoms with Crippen LogP contribution in [0.1, 0.15) is 44.4 Å². The highest BCUT2D eigenvalue weighted by molar-refractivity contribution is 7.17. The number of carbonyl (C=O) groups is 2. The molecule has 1 aliphatic rings. The zero-order valence-corrected chi connectivity index (χ0v) is 24.3. The number of nitrogens with one attached hydrogen (secondary N) is 2. The summed E-state index contributed by atoms with van der Waals surface area (Å²) in [6.07, 6.45) is 8.52.